The molecule has 5 heteroatoms. The molecule has 19 heavy (non-hydrogen) atoms. The zero-order valence-electron chi connectivity index (χ0n) is 11.2. The monoisotopic (exact) mass is 279 g/mol. The predicted molar refractivity (Wildman–Crippen MR) is 77.4 cm³/mol. The fourth-order valence-corrected chi connectivity index (χ4v) is 2.31. The SMILES string of the molecule is CCCCN(C)C(=O)Cc1c[nH]c2nccc(Cl)c12. The molecule has 2 rings (SSSR count). The molecule has 0 aromatic carbocycles. The van der Waals surface area contributed by atoms with Gasteiger partial charge in [-0.15, -0.1) is 0 Å². The van der Waals surface area contributed by atoms with Gasteiger partial charge in [-0.3, -0.25) is 4.79 Å². The second-order valence-electron chi connectivity index (χ2n) is 4.68. The maximum Gasteiger partial charge on any atom is 0.226 e. The number of carbonyl (C=O) groups is 1. The Kier molecular flexibility index (Phi) is 4.43. The second kappa shape index (κ2) is 6.06. The smallest absolute Gasteiger partial charge is 0.226 e. The van der Waals surface area contributed by atoms with E-state index in [1.165, 1.54) is 0 Å². The number of pyridine rings is 1. The summed E-state index contributed by atoms with van der Waals surface area (Å²) in [7, 11) is 1.84. The minimum atomic E-state index is 0.106. The zero-order valence-corrected chi connectivity index (χ0v) is 12.0. The normalized spacial score (nSPS) is 10.9. The molecule has 0 radical (unpaired) electrons. The summed E-state index contributed by atoms with van der Waals surface area (Å²) in [4.78, 5) is 21.1. The fraction of sp³-hybridized carbons (Fsp3) is 0.429. The number of carbonyl (C=O) groups excluding carboxylic acids is 1. The Morgan fingerprint density at radius 1 is 1.53 bits per heavy atom. The van der Waals surface area contributed by atoms with Crippen LogP contribution in [0.1, 0.15) is 25.3 Å². The summed E-state index contributed by atoms with van der Waals surface area (Å²) in [5.74, 6) is 0.106. The molecule has 0 unspecified atom stereocenters. The lowest BCUT2D eigenvalue weighted by Gasteiger charge is -2.16. The van der Waals surface area contributed by atoms with E-state index in [2.05, 4.69) is 16.9 Å². The number of unbranched alkanes of at least 4 members (excludes halogenated alkanes) is 1. The Bertz CT molecular complexity index is 579. The van der Waals surface area contributed by atoms with Gasteiger partial charge >= 0.3 is 0 Å². The van der Waals surface area contributed by atoms with Gasteiger partial charge < -0.3 is 9.88 Å². The summed E-state index contributed by atoms with van der Waals surface area (Å²) in [5, 5.41) is 1.48. The molecule has 0 fully saturated rings. The molecule has 1 N–H and O–H groups in total. The van der Waals surface area contributed by atoms with Crippen LogP contribution in [0.2, 0.25) is 5.02 Å². The highest BCUT2D eigenvalue weighted by atomic mass is 35.5. The van der Waals surface area contributed by atoms with Crippen molar-refractivity contribution in [2.24, 2.45) is 0 Å². The van der Waals surface area contributed by atoms with Crippen molar-refractivity contribution in [2.45, 2.75) is 26.2 Å². The van der Waals surface area contributed by atoms with Crippen molar-refractivity contribution in [1.29, 1.82) is 0 Å². The number of nitrogens with one attached hydrogen (secondary N) is 1. The second-order valence-corrected chi connectivity index (χ2v) is 5.08. The number of halogens is 1. The van der Waals surface area contributed by atoms with Crippen molar-refractivity contribution >= 4 is 28.5 Å². The maximum absolute atomic E-state index is 12.1. The van der Waals surface area contributed by atoms with Crippen LogP contribution in [0.4, 0.5) is 0 Å². The van der Waals surface area contributed by atoms with Gasteiger partial charge in [-0.25, -0.2) is 4.98 Å². The van der Waals surface area contributed by atoms with Gasteiger partial charge in [0.15, 0.2) is 0 Å². The van der Waals surface area contributed by atoms with Crippen molar-refractivity contribution in [1.82, 2.24) is 14.9 Å². The molecule has 0 bridgehead atoms. The lowest BCUT2D eigenvalue weighted by molar-refractivity contribution is -0.129. The van der Waals surface area contributed by atoms with Crippen LogP contribution in [-0.2, 0) is 11.2 Å². The van der Waals surface area contributed by atoms with E-state index < -0.39 is 0 Å². The lowest BCUT2D eigenvalue weighted by Crippen LogP contribution is -2.29. The number of rotatable bonds is 5. The topological polar surface area (TPSA) is 49.0 Å². The van der Waals surface area contributed by atoms with Gasteiger partial charge in [0, 0.05) is 31.4 Å². The Balaban J connectivity index is 2.15. The summed E-state index contributed by atoms with van der Waals surface area (Å²) in [5.41, 5.74) is 1.63. The van der Waals surface area contributed by atoms with Crippen LogP contribution in [0, 0.1) is 0 Å². The highest BCUT2D eigenvalue weighted by molar-refractivity contribution is 6.35. The van der Waals surface area contributed by atoms with Gasteiger partial charge in [-0.1, -0.05) is 24.9 Å². The van der Waals surface area contributed by atoms with Gasteiger partial charge in [-0.2, -0.15) is 0 Å². The molecular weight excluding hydrogens is 262 g/mol. The Morgan fingerprint density at radius 2 is 2.32 bits per heavy atom. The van der Waals surface area contributed by atoms with Crippen LogP contribution >= 0.6 is 11.6 Å². The van der Waals surface area contributed by atoms with Gasteiger partial charge in [-0.05, 0) is 18.1 Å². The molecule has 1 amide bonds. The molecule has 102 valence electrons. The van der Waals surface area contributed by atoms with Crippen LogP contribution in [0.25, 0.3) is 11.0 Å². The third kappa shape index (κ3) is 3.07. The summed E-state index contributed by atoms with van der Waals surface area (Å²) in [6.45, 7) is 2.91. The van der Waals surface area contributed by atoms with Gasteiger partial charge in [0.2, 0.25) is 5.91 Å². The number of hydrogen-bond acceptors (Lipinski definition) is 2. The molecule has 0 aliphatic carbocycles. The van der Waals surface area contributed by atoms with Crippen molar-refractivity contribution in [3.63, 3.8) is 0 Å². The fourth-order valence-electron chi connectivity index (χ4n) is 2.04. The quantitative estimate of drug-likeness (QED) is 0.915. The Hall–Kier alpha value is -1.55. The van der Waals surface area contributed by atoms with E-state index in [0.717, 1.165) is 36.0 Å². The van der Waals surface area contributed by atoms with Crippen molar-refractivity contribution in [3.8, 4) is 0 Å². The number of amides is 1. The Labute approximate surface area is 117 Å². The molecule has 2 aromatic rings. The molecule has 0 saturated carbocycles. The summed E-state index contributed by atoms with van der Waals surface area (Å²) in [6, 6.07) is 1.74. The van der Waals surface area contributed by atoms with E-state index in [4.69, 9.17) is 11.6 Å². The first-order valence-electron chi connectivity index (χ1n) is 6.48. The molecule has 0 atom stereocenters. The summed E-state index contributed by atoms with van der Waals surface area (Å²) >= 11 is 6.17. The molecule has 2 aromatic heterocycles. The highest BCUT2D eigenvalue weighted by Gasteiger charge is 2.14. The summed E-state index contributed by atoms with van der Waals surface area (Å²) < 4.78 is 0. The zero-order chi connectivity index (χ0) is 13.8. The number of H-pyrrole nitrogens is 1. The van der Waals surface area contributed by atoms with E-state index in [9.17, 15) is 4.79 Å². The lowest BCUT2D eigenvalue weighted by atomic mass is 10.1. The highest BCUT2D eigenvalue weighted by Crippen LogP contribution is 2.25. The van der Waals surface area contributed by atoms with Crippen molar-refractivity contribution in [3.05, 3.63) is 29.0 Å². The molecular formula is C14H18ClN3O. The molecule has 0 aliphatic heterocycles. The molecule has 0 aliphatic rings. The number of hydrogen-bond donors (Lipinski definition) is 1. The minimum absolute atomic E-state index is 0.106. The largest absolute Gasteiger partial charge is 0.346 e. The average Bonchev–Trinajstić information content (AvgIpc) is 2.80. The van der Waals surface area contributed by atoms with Gasteiger partial charge in [0.1, 0.15) is 5.65 Å². The van der Waals surface area contributed by atoms with Crippen molar-refractivity contribution in [2.75, 3.05) is 13.6 Å². The third-order valence-electron chi connectivity index (χ3n) is 3.22. The maximum atomic E-state index is 12.1. The van der Waals surface area contributed by atoms with Crippen LogP contribution < -0.4 is 0 Å². The predicted octanol–water partition coefficient (Wildman–Crippen LogP) is 3.02. The first-order valence-corrected chi connectivity index (χ1v) is 6.85. The van der Waals surface area contributed by atoms with E-state index in [1.54, 1.807) is 17.2 Å². The number of likely N-dealkylation sites (N-methyl/N-ethyl adjacent to an activating group) is 1. The van der Waals surface area contributed by atoms with Crippen molar-refractivity contribution < 1.29 is 4.79 Å². The van der Waals surface area contributed by atoms with Crippen LogP contribution in [0.3, 0.4) is 0 Å². The molecule has 2 heterocycles. The first-order chi connectivity index (χ1) is 9.13. The first kappa shape index (κ1) is 13.9. The Morgan fingerprint density at radius 3 is 3.05 bits per heavy atom. The van der Waals surface area contributed by atoms with Crippen LogP contribution in [-0.4, -0.2) is 34.4 Å². The van der Waals surface area contributed by atoms with Gasteiger partial charge in [0.25, 0.3) is 0 Å². The molecule has 0 saturated heterocycles. The van der Waals surface area contributed by atoms with Crippen LogP contribution in [0.15, 0.2) is 18.5 Å². The van der Waals surface area contributed by atoms with E-state index in [1.807, 2.05) is 13.2 Å². The number of fused-ring (bicyclic) bond motifs is 1. The van der Waals surface area contributed by atoms with E-state index in [-0.39, 0.29) is 5.91 Å². The van der Waals surface area contributed by atoms with E-state index in [0.29, 0.717) is 11.4 Å². The van der Waals surface area contributed by atoms with E-state index >= 15 is 0 Å². The van der Waals surface area contributed by atoms with Gasteiger partial charge in [0.05, 0.1) is 11.4 Å². The standard InChI is InChI=1S/C14H18ClN3O/c1-3-4-7-18(2)12(19)8-10-9-17-14-13(10)11(15)5-6-16-14/h5-6,9H,3-4,7-8H2,1-2H3,(H,16,17). The number of aromatic nitrogens is 2. The summed E-state index contributed by atoms with van der Waals surface area (Å²) in [6.07, 6.45) is 5.93. The third-order valence-corrected chi connectivity index (χ3v) is 3.53. The number of aromatic amines is 1. The molecule has 4 nitrogen and oxygen atoms in total. The van der Waals surface area contributed by atoms with Crippen LogP contribution in [0.5, 0.6) is 0 Å². The number of nitrogens with zero attached hydrogens (tertiary/aromatic N) is 2. The minimum Gasteiger partial charge on any atom is -0.346 e. The average molecular weight is 280 g/mol. The molecule has 0 spiro atoms.